The fourth-order valence-electron chi connectivity index (χ4n) is 1.72. The molecule has 1 aromatic carbocycles. The lowest BCUT2D eigenvalue weighted by atomic mass is 10.1. The highest BCUT2D eigenvalue weighted by Gasteiger charge is 2.28. The third-order valence-electron chi connectivity index (χ3n) is 2.65. The summed E-state index contributed by atoms with van der Waals surface area (Å²) in [4.78, 5) is 0. The third kappa shape index (κ3) is 3.54. The Balaban J connectivity index is 2.29. The first kappa shape index (κ1) is 14.5. The summed E-state index contributed by atoms with van der Waals surface area (Å²) in [5.41, 5.74) is 0.883. The van der Waals surface area contributed by atoms with Crippen LogP contribution in [0.25, 0.3) is 11.3 Å². The van der Waals surface area contributed by atoms with Gasteiger partial charge in [0.2, 0.25) is 0 Å². The lowest BCUT2D eigenvalue weighted by Crippen LogP contribution is -2.19. The first-order chi connectivity index (χ1) is 9.39. The van der Waals surface area contributed by atoms with Crippen molar-refractivity contribution in [2.75, 3.05) is 6.61 Å². The molecule has 0 saturated heterocycles. The van der Waals surface area contributed by atoms with Gasteiger partial charge in [0.1, 0.15) is 17.3 Å². The van der Waals surface area contributed by atoms with E-state index in [1.807, 2.05) is 0 Å². The molecule has 0 saturated carbocycles. The maximum absolute atomic E-state index is 12.2. The highest BCUT2D eigenvalue weighted by molar-refractivity contribution is 5.61. The topological polar surface area (TPSA) is 42.6 Å². The Morgan fingerprint density at radius 1 is 1.20 bits per heavy atom. The van der Waals surface area contributed by atoms with E-state index >= 15 is 0 Å². The SMILES string of the molecule is Cc1ccc(-c2ccc(CO)c(OCC(F)(F)F)c2)o1. The first-order valence-electron chi connectivity index (χ1n) is 5.89. The fourth-order valence-corrected chi connectivity index (χ4v) is 1.72. The maximum atomic E-state index is 12.2. The molecule has 0 aliphatic heterocycles. The summed E-state index contributed by atoms with van der Waals surface area (Å²) in [6.45, 7) is -0.0298. The number of hydrogen-bond donors (Lipinski definition) is 1. The minimum absolute atomic E-state index is 0.00335. The van der Waals surface area contributed by atoms with Crippen LogP contribution in [0.4, 0.5) is 13.2 Å². The molecule has 0 aliphatic carbocycles. The average Bonchev–Trinajstić information content (AvgIpc) is 2.82. The number of benzene rings is 1. The van der Waals surface area contributed by atoms with Crippen LogP contribution < -0.4 is 4.74 Å². The molecule has 2 rings (SSSR count). The van der Waals surface area contributed by atoms with Crippen molar-refractivity contribution in [1.82, 2.24) is 0 Å². The van der Waals surface area contributed by atoms with E-state index in [0.717, 1.165) is 0 Å². The largest absolute Gasteiger partial charge is 0.484 e. The molecule has 0 unspecified atom stereocenters. The fraction of sp³-hybridized carbons (Fsp3) is 0.286. The predicted molar refractivity (Wildman–Crippen MR) is 66.4 cm³/mol. The molecule has 3 nitrogen and oxygen atoms in total. The third-order valence-corrected chi connectivity index (χ3v) is 2.65. The molecule has 6 heteroatoms. The van der Waals surface area contributed by atoms with Gasteiger partial charge in [0.05, 0.1) is 6.61 Å². The van der Waals surface area contributed by atoms with Crippen LogP contribution in [0.2, 0.25) is 0 Å². The van der Waals surface area contributed by atoms with E-state index in [-0.39, 0.29) is 5.75 Å². The van der Waals surface area contributed by atoms with Gasteiger partial charge in [-0.2, -0.15) is 13.2 Å². The van der Waals surface area contributed by atoms with Crippen molar-refractivity contribution in [3.8, 4) is 17.1 Å². The van der Waals surface area contributed by atoms with Crippen molar-refractivity contribution in [1.29, 1.82) is 0 Å². The zero-order valence-electron chi connectivity index (χ0n) is 10.7. The molecule has 0 atom stereocenters. The van der Waals surface area contributed by atoms with Crippen molar-refractivity contribution < 1.29 is 27.4 Å². The molecule has 0 amide bonds. The molecule has 2 aromatic rings. The molecule has 108 valence electrons. The standard InChI is InChI=1S/C14H13F3O3/c1-9-2-5-12(20-9)10-3-4-11(7-18)13(6-10)19-8-14(15,16)17/h2-6,18H,7-8H2,1H3. The van der Waals surface area contributed by atoms with Gasteiger partial charge in [0.25, 0.3) is 0 Å². The van der Waals surface area contributed by atoms with Crippen LogP contribution >= 0.6 is 0 Å². The van der Waals surface area contributed by atoms with Gasteiger partial charge in [-0.1, -0.05) is 12.1 Å². The van der Waals surface area contributed by atoms with Crippen molar-refractivity contribution >= 4 is 0 Å². The molecule has 1 aromatic heterocycles. The summed E-state index contributed by atoms with van der Waals surface area (Å²) in [6, 6.07) is 8.07. The summed E-state index contributed by atoms with van der Waals surface area (Å²) in [5.74, 6) is 1.23. The normalized spacial score (nSPS) is 11.7. The number of aryl methyl sites for hydroxylation is 1. The lowest BCUT2D eigenvalue weighted by Gasteiger charge is -2.13. The van der Waals surface area contributed by atoms with Gasteiger partial charge in [0, 0.05) is 11.1 Å². The lowest BCUT2D eigenvalue weighted by molar-refractivity contribution is -0.153. The molecule has 0 bridgehead atoms. The Bertz CT molecular complexity index is 588. The molecule has 0 fully saturated rings. The number of halogens is 3. The van der Waals surface area contributed by atoms with Gasteiger partial charge >= 0.3 is 6.18 Å². The highest BCUT2D eigenvalue weighted by Crippen LogP contribution is 2.30. The van der Waals surface area contributed by atoms with Gasteiger partial charge in [-0.25, -0.2) is 0 Å². The van der Waals surface area contributed by atoms with Crippen molar-refractivity contribution in [2.45, 2.75) is 19.7 Å². The van der Waals surface area contributed by atoms with E-state index in [2.05, 4.69) is 0 Å². The highest BCUT2D eigenvalue weighted by atomic mass is 19.4. The summed E-state index contributed by atoms with van der Waals surface area (Å²) in [7, 11) is 0. The Labute approximate surface area is 113 Å². The predicted octanol–water partition coefficient (Wildman–Crippen LogP) is 3.69. The number of aliphatic hydroxyl groups is 1. The van der Waals surface area contributed by atoms with E-state index in [1.165, 1.54) is 12.1 Å². The first-order valence-corrected chi connectivity index (χ1v) is 5.89. The summed E-state index contributed by atoms with van der Waals surface area (Å²) < 4.78 is 46.7. The zero-order chi connectivity index (χ0) is 14.8. The average molecular weight is 286 g/mol. The van der Waals surface area contributed by atoms with Gasteiger partial charge in [0.15, 0.2) is 6.61 Å². The molecule has 20 heavy (non-hydrogen) atoms. The molecule has 1 heterocycles. The second kappa shape index (κ2) is 5.58. The number of hydrogen-bond acceptors (Lipinski definition) is 3. The summed E-state index contributed by atoms with van der Waals surface area (Å²) in [6.07, 6.45) is -4.43. The molecular formula is C14H13F3O3. The van der Waals surface area contributed by atoms with Gasteiger partial charge in [-0.05, 0) is 25.1 Å². The van der Waals surface area contributed by atoms with Crippen molar-refractivity contribution in [3.63, 3.8) is 0 Å². The Kier molecular flexibility index (Phi) is 4.04. The Morgan fingerprint density at radius 2 is 1.95 bits per heavy atom. The van der Waals surface area contributed by atoms with Crippen LogP contribution in [-0.4, -0.2) is 17.9 Å². The number of aliphatic hydroxyl groups excluding tert-OH is 1. The zero-order valence-corrected chi connectivity index (χ0v) is 10.7. The molecule has 0 radical (unpaired) electrons. The van der Waals surface area contributed by atoms with E-state index in [0.29, 0.717) is 22.6 Å². The molecular weight excluding hydrogens is 273 g/mol. The van der Waals surface area contributed by atoms with Gasteiger partial charge < -0.3 is 14.3 Å². The molecule has 0 spiro atoms. The van der Waals surface area contributed by atoms with Crippen molar-refractivity contribution in [3.05, 3.63) is 41.7 Å². The number of alkyl halides is 3. The summed E-state index contributed by atoms with van der Waals surface area (Å²) in [5, 5.41) is 9.13. The minimum atomic E-state index is -4.43. The Morgan fingerprint density at radius 3 is 2.50 bits per heavy atom. The maximum Gasteiger partial charge on any atom is 0.422 e. The minimum Gasteiger partial charge on any atom is -0.484 e. The van der Waals surface area contributed by atoms with Crippen molar-refractivity contribution in [2.24, 2.45) is 0 Å². The van der Waals surface area contributed by atoms with Crippen LogP contribution in [0.3, 0.4) is 0 Å². The second-order valence-corrected chi connectivity index (χ2v) is 4.29. The molecule has 1 N–H and O–H groups in total. The second-order valence-electron chi connectivity index (χ2n) is 4.29. The number of rotatable bonds is 4. The van der Waals surface area contributed by atoms with Crippen LogP contribution in [0, 0.1) is 6.92 Å². The van der Waals surface area contributed by atoms with Crippen LogP contribution in [0.5, 0.6) is 5.75 Å². The van der Waals surface area contributed by atoms with E-state index in [4.69, 9.17) is 14.3 Å². The van der Waals surface area contributed by atoms with E-state index < -0.39 is 19.4 Å². The smallest absolute Gasteiger partial charge is 0.422 e. The van der Waals surface area contributed by atoms with Gasteiger partial charge in [-0.3, -0.25) is 0 Å². The van der Waals surface area contributed by atoms with E-state index in [1.54, 1.807) is 25.1 Å². The Hall–Kier alpha value is -1.95. The number of furan rings is 1. The van der Waals surface area contributed by atoms with Crippen LogP contribution in [-0.2, 0) is 6.61 Å². The quantitative estimate of drug-likeness (QED) is 0.932. The molecule has 0 aliphatic rings. The van der Waals surface area contributed by atoms with E-state index in [9.17, 15) is 13.2 Å². The van der Waals surface area contributed by atoms with Crippen LogP contribution in [0.15, 0.2) is 34.7 Å². The van der Waals surface area contributed by atoms with Crippen LogP contribution in [0.1, 0.15) is 11.3 Å². The summed E-state index contributed by atoms with van der Waals surface area (Å²) >= 11 is 0. The van der Waals surface area contributed by atoms with Gasteiger partial charge in [-0.15, -0.1) is 0 Å². The number of ether oxygens (including phenoxy) is 1. The monoisotopic (exact) mass is 286 g/mol.